The lowest BCUT2D eigenvalue weighted by Gasteiger charge is -2.19. The molecule has 0 aliphatic carbocycles. The van der Waals surface area contributed by atoms with Gasteiger partial charge in [-0.15, -0.1) is 0 Å². The summed E-state index contributed by atoms with van der Waals surface area (Å²) in [7, 11) is -3.73. The van der Waals surface area contributed by atoms with Gasteiger partial charge in [0.2, 0.25) is 15.9 Å². The van der Waals surface area contributed by atoms with Crippen LogP contribution in [0.25, 0.3) is 0 Å². The number of rotatable bonds is 3. The van der Waals surface area contributed by atoms with E-state index in [1.165, 1.54) is 18.2 Å². The van der Waals surface area contributed by atoms with Crippen LogP contribution < -0.4 is 9.62 Å². The number of anilines is 2. The van der Waals surface area contributed by atoms with E-state index in [2.05, 4.69) is 26.1 Å². The van der Waals surface area contributed by atoms with Crippen molar-refractivity contribution >= 4 is 44.8 Å². The number of benzene rings is 2. The maximum Gasteiger partial charge on any atom is 0.257 e. The van der Waals surface area contributed by atoms with Gasteiger partial charge in [-0.05, 0) is 41.3 Å². The zero-order chi connectivity index (χ0) is 21.6. The molecule has 2 amide bonds. The van der Waals surface area contributed by atoms with E-state index >= 15 is 0 Å². The van der Waals surface area contributed by atoms with Gasteiger partial charge in [-0.2, -0.15) is 0 Å². The van der Waals surface area contributed by atoms with Crippen molar-refractivity contribution in [2.24, 2.45) is 5.92 Å². The number of amides is 2. The molecule has 0 spiro atoms. The normalized spacial score (nSPS) is 18.7. The van der Waals surface area contributed by atoms with Crippen LogP contribution >= 0.6 is 11.6 Å². The average molecular weight is 435 g/mol. The Hall–Kier alpha value is -2.38. The van der Waals surface area contributed by atoms with E-state index in [0.29, 0.717) is 5.69 Å². The lowest BCUT2D eigenvalue weighted by molar-refractivity contribution is -0.119. The van der Waals surface area contributed by atoms with Crippen LogP contribution in [0.2, 0.25) is 5.02 Å². The number of nitrogens with zero attached hydrogens (tertiary/aromatic N) is 1. The summed E-state index contributed by atoms with van der Waals surface area (Å²) in [5.74, 6) is -1.78. The molecule has 1 heterocycles. The SMILES string of the molecule is CC1CS(=O)(=O)N(c2ccc(C(=O)Nc3ccc(C(C)(C)C)cc3)c(Cl)c2)C1=O. The third-order valence-corrected chi connectivity index (χ3v) is 6.98. The fraction of sp³-hybridized carbons (Fsp3) is 0.333. The Morgan fingerprint density at radius 1 is 1.14 bits per heavy atom. The second-order valence-electron chi connectivity index (χ2n) is 8.23. The van der Waals surface area contributed by atoms with Crippen LogP contribution in [0.4, 0.5) is 11.4 Å². The Kier molecular flexibility index (Phi) is 5.49. The molecule has 29 heavy (non-hydrogen) atoms. The van der Waals surface area contributed by atoms with Gasteiger partial charge < -0.3 is 5.32 Å². The van der Waals surface area contributed by atoms with E-state index in [4.69, 9.17) is 11.6 Å². The third kappa shape index (κ3) is 4.31. The number of hydrogen-bond donors (Lipinski definition) is 1. The van der Waals surface area contributed by atoms with Gasteiger partial charge in [0.25, 0.3) is 5.91 Å². The van der Waals surface area contributed by atoms with Crippen molar-refractivity contribution in [3.05, 3.63) is 58.6 Å². The molecule has 1 aliphatic heterocycles. The molecule has 154 valence electrons. The molecule has 1 aliphatic rings. The zero-order valence-electron chi connectivity index (χ0n) is 16.7. The van der Waals surface area contributed by atoms with Crippen LogP contribution in [-0.4, -0.2) is 26.0 Å². The van der Waals surface area contributed by atoms with Crippen molar-refractivity contribution in [2.45, 2.75) is 33.1 Å². The summed E-state index contributed by atoms with van der Waals surface area (Å²) in [5.41, 5.74) is 2.09. The van der Waals surface area contributed by atoms with E-state index in [1.807, 2.05) is 24.3 Å². The zero-order valence-corrected chi connectivity index (χ0v) is 18.3. The molecule has 0 saturated carbocycles. The van der Waals surface area contributed by atoms with Gasteiger partial charge in [0.05, 0.1) is 27.9 Å². The molecule has 8 heteroatoms. The number of hydrogen-bond acceptors (Lipinski definition) is 4. The highest BCUT2D eigenvalue weighted by atomic mass is 35.5. The van der Waals surface area contributed by atoms with Crippen molar-refractivity contribution in [3.63, 3.8) is 0 Å². The number of halogens is 1. The quantitative estimate of drug-likeness (QED) is 0.784. The maximum absolute atomic E-state index is 12.6. The molecule has 1 unspecified atom stereocenters. The Morgan fingerprint density at radius 3 is 2.24 bits per heavy atom. The largest absolute Gasteiger partial charge is 0.322 e. The molecular formula is C21H23ClN2O4S. The molecule has 1 N–H and O–H groups in total. The molecule has 1 saturated heterocycles. The topological polar surface area (TPSA) is 83.6 Å². The molecule has 3 rings (SSSR count). The number of nitrogens with one attached hydrogen (secondary N) is 1. The molecule has 0 aromatic heterocycles. The maximum atomic E-state index is 12.6. The van der Waals surface area contributed by atoms with Crippen molar-refractivity contribution in [1.29, 1.82) is 0 Å². The molecule has 2 aromatic rings. The summed E-state index contributed by atoms with van der Waals surface area (Å²) in [4.78, 5) is 24.8. The van der Waals surface area contributed by atoms with Crippen molar-refractivity contribution < 1.29 is 18.0 Å². The van der Waals surface area contributed by atoms with Gasteiger partial charge in [-0.1, -0.05) is 51.4 Å². The van der Waals surface area contributed by atoms with Crippen LogP contribution in [0.5, 0.6) is 0 Å². The Labute approximate surface area is 175 Å². The predicted octanol–water partition coefficient (Wildman–Crippen LogP) is 4.20. The van der Waals surface area contributed by atoms with Crippen LogP contribution in [0.3, 0.4) is 0 Å². The van der Waals surface area contributed by atoms with Crippen LogP contribution in [0.1, 0.15) is 43.6 Å². The summed E-state index contributed by atoms with van der Waals surface area (Å²) in [6, 6.07) is 11.7. The van der Waals surface area contributed by atoms with Crippen molar-refractivity contribution in [1.82, 2.24) is 0 Å². The first-order valence-electron chi connectivity index (χ1n) is 9.18. The monoisotopic (exact) mass is 434 g/mol. The van der Waals surface area contributed by atoms with E-state index in [1.54, 1.807) is 6.92 Å². The van der Waals surface area contributed by atoms with Crippen LogP contribution in [-0.2, 0) is 20.2 Å². The van der Waals surface area contributed by atoms with E-state index in [-0.39, 0.29) is 27.4 Å². The van der Waals surface area contributed by atoms with Gasteiger partial charge in [-0.25, -0.2) is 12.7 Å². The number of carbonyl (C=O) groups excluding carboxylic acids is 2. The highest BCUT2D eigenvalue weighted by Gasteiger charge is 2.42. The highest BCUT2D eigenvalue weighted by molar-refractivity contribution is 7.94. The fourth-order valence-corrected chi connectivity index (χ4v) is 5.23. The van der Waals surface area contributed by atoms with Gasteiger partial charge in [0.15, 0.2) is 0 Å². The molecule has 0 bridgehead atoms. The van der Waals surface area contributed by atoms with Gasteiger partial charge >= 0.3 is 0 Å². The molecule has 2 aromatic carbocycles. The molecule has 6 nitrogen and oxygen atoms in total. The van der Waals surface area contributed by atoms with Gasteiger partial charge in [0.1, 0.15) is 0 Å². The minimum absolute atomic E-state index is 0.00647. The molecule has 1 fully saturated rings. The standard InChI is InChI=1S/C21H23ClN2O4S/c1-13-12-29(27,28)24(20(13)26)16-9-10-17(18(22)11-16)19(25)23-15-7-5-14(6-8-15)21(2,3)4/h5-11,13H,12H2,1-4H3,(H,23,25). The first-order chi connectivity index (χ1) is 13.4. The smallest absolute Gasteiger partial charge is 0.257 e. The highest BCUT2D eigenvalue weighted by Crippen LogP contribution is 2.32. The van der Waals surface area contributed by atoms with Crippen LogP contribution in [0, 0.1) is 5.92 Å². The Bertz CT molecular complexity index is 1070. The van der Waals surface area contributed by atoms with Gasteiger partial charge in [0, 0.05) is 5.69 Å². The Morgan fingerprint density at radius 2 is 1.76 bits per heavy atom. The molecule has 1 atom stereocenters. The lowest BCUT2D eigenvalue weighted by Crippen LogP contribution is -2.30. The third-order valence-electron chi connectivity index (χ3n) is 4.80. The summed E-state index contributed by atoms with van der Waals surface area (Å²) < 4.78 is 25.2. The van der Waals surface area contributed by atoms with E-state index in [9.17, 15) is 18.0 Å². The fourth-order valence-electron chi connectivity index (χ4n) is 3.15. The number of sulfonamides is 1. The lowest BCUT2D eigenvalue weighted by atomic mass is 9.87. The summed E-state index contributed by atoms with van der Waals surface area (Å²) in [6.07, 6.45) is 0. The van der Waals surface area contributed by atoms with Gasteiger partial charge in [-0.3, -0.25) is 9.59 Å². The predicted molar refractivity (Wildman–Crippen MR) is 115 cm³/mol. The molecule has 0 radical (unpaired) electrons. The summed E-state index contributed by atoms with van der Waals surface area (Å²) in [5, 5.41) is 2.84. The first-order valence-corrected chi connectivity index (χ1v) is 11.2. The van der Waals surface area contributed by atoms with E-state index in [0.717, 1.165) is 9.87 Å². The summed E-state index contributed by atoms with van der Waals surface area (Å²) >= 11 is 6.24. The second kappa shape index (κ2) is 7.46. The average Bonchev–Trinajstić information content (AvgIpc) is 2.81. The van der Waals surface area contributed by atoms with Crippen molar-refractivity contribution in [2.75, 3.05) is 15.4 Å². The minimum atomic E-state index is -3.73. The molecular weight excluding hydrogens is 412 g/mol. The van der Waals surface area contributed by atoms with Crippen LogP contribution in [0.15, 0.2) is 42.5 Å². The number of carbonyl (C=O) groups is 2. The first kappa shape index (κ1) is 21.3. The van der Waals surface area contributed by atoms with E-state index < -0.39 is 27.8 Å². The Balaban J connectivity index is 1.82. The second-order valence-corrected chi connectivity index (χ2v) is 10.5. The summed E-state index contributed by atoms with van der Waals surface area (Å²) in [6.45, 7) is 7.88. The minimum Gasteiger partial charge on any atom is -0.322 e. The van der Waals surface area contributed by atoms with Crippen molar-refractivity contribution in [3.8, 4) is 0 Å².